The Hall–Kier alpha value is -1.26. The van der Waals surface area contributed by atoms with Crippen LogP contribution in [0.5, 0.6) is 5.75 Å². The van der Waals surface area contributed by atoms with Crippen LogP contribution >= 0.6 is 12.4 Å². The van der Waals surface area contributed by atoms with E-state index in [1.807, 2.05) is 18.2 Å². The number of rotatable bonds is 4. The average Bonchev–Trinajstić information content (AvgIpc) is 2.78. The number of fused-ring (bicyclic) bond motifs is 1. The van der Waals surface area contributed by atoms with E-state index < -0.39 is 0 Å². The van der Waals surface area contributed by atoms with E-state index in [2.05, 4.69) is 23.6 Å². The minimum absolute atomic E-state index is 0. The van der Waals surface area contributed by atoms with E-state index >= 15 is 0 Å². The van der Waals surface area contributed by atoms with Gasteiger partial charge < -0.3 is 15.4 Å². The highest BCUT2D eigenvalue weighted by atomic mass is 35.5. The van der Waals surface area contributed by atoms with Crippen molar-refractivity contribution in [1.29, 1.82) is 0 Å². The van der Waals surface area contributed by atoms with Gasteiger partial charge in [-0.1, -0.05) is 25.1 Å². The number of ether oxygens (including phenoxy) is 1. The van der Waals surface area contributed by atoms with Gasteiger partial charge in [0.2, 0.25) is 5.91 Å². The molecule has 0 radical (unpaired) electrons. The van der Waals surface area contributed by atoms with Crippen LogP contribution in [0.15, 0.2) is 24.3 Å². The van der Waals surface area contributed by atoms with Gasteiger partial charge in [-0.05, 0) is 56.7 Å². The third-order valence-electron chi connectivity index (χ3n) is 5.17. The van der Waals surface area contributed by atoms with Gasteiger partial charge in [0, 0.05) is 12.0 Å². The van der Waals surface area contributed by atoms with Crippen molar-refractivity contribution in [2.24, 2.45) is 11.8 Å². The zero-order valence-electron chi connectivity index (χ0n) is 14.4. The summed E-state index contributed by atoms with van der Waals surface area (Å²) in [6.07, 6.45) is 5.00. The number of hydrogen-bond acceptors (Lipinski definition) is 3. The lowest BCUT2D eigenvalue weighted by atomic mass is 9.85. The van der Waals surface area contributed by atoms with Crippen LogP contribution in [-0.2, 0) is 4.79 Å². The summed E-state index contributed by atoms with van der Waals surface area (Å²) in [5, 5.41) is 6.69. The lowest BCUT2D eigenvalue weighted by Gasteiger charge is -2.28. The van der Waals surface area contributed by atoms with Crippen molar-refractivity contribution in [3.8, 4) is 5.75 Å². The molecular formula is C19H29ClN2O2. The molecule has 2 aliphatic heterocycles. The number of hydrogen-bond donors (Lipinski definition) is 2. The molecule has 1 saturated heterocycles. The first-order valence-corrected chi connectivity index (χ1v) is 8.96. The van der Waals surface area contributed by atoms with Crippen LogP contribution in [0.25, 0.3) is 0 Å². The molecule has 0 bridgehead atoms. The Balaban J connectivity index is 0.00000208. The van der Waals surface area contributed by atoms with Crippen molar-refractivity contribution in [1.82, 2.24) is 10.6 Å². The number of para-hydroxylation sites is 1. The van der Waals surface area contributed by atoms with Gasteiger partial charge in [-0.2, -0.15) is 0 Å². The molecule has 3 atom stereocenters. The molecule has 134 valence electrons. The lowest BCUT2D eigenvalue weighted by molar-refractivity contribution is -0.123. The molecule has 1 fully saturated rings. The molecule has 0 aromatic heterocycles. The Kier molecular flexibility index (Phi) is 7.38. The predicted molar refractivity (Wildman–Crippen MR) is 98.7 cm³/mol. The van der Waals surface area contributed by atoms with E-state index in [9.17, 15) is 4.79 Å². The first kappa shape index (κ1) is 19.1. The van der Waals surface area contributed by atoms with Crippen molar-refractivity contribution in [2.45, 2.75) is 45.1 Å². The summed E-state index contributed by atoms with van der Waals surface area (Å²) in [7, 11) is 0. The summed E-state index contributed by atoms with van der Waals surface area (Å²) < 4.78 is 5.78. The predicted octanol–water partition coefficient (Wildman–Crippen LogP) is 3.46. The fourth-order valence-corrected chi connectivity index (χ4v) is 3.75. The van der Waals surface area contributed by atoms with Crippen LogP contribution in [0.3, 0.4) is 0 Å². The zero-order valence-corrected chi connectivity index (χ0v) is 15.2. The fraction of sp³-hybridized carbons (Fsp3) is 0.632. The van der Waals surface area contributed by atoms with Crippen LogP contribution < -0.4 is 15.4 Å². The third kappa shape index (κ3) is 4.87. The summed E-state index contributed by atoms with van der Waals surface area (Å²) in [6, 6.07) is 8.15. The number of halogens is 1. The van der Waals surface area contributed by atoms with E-state index in [1.54, 1.807) is 0 Å². The highest BCUT2D eigenvalue weighted by molar-refractivity contribution is 5.85. The Labute approximate surface area is 151 Å². The zero-order chi connectivity index (χ0) is 16.1. The van der Waals surface area contributed by atoms with Gasteiger partial charge in [-0.3, -0.25) is 4.79 Å². The Morgan fingerprint density at radius 2 is 2.17 bits per heavy atom. The van der Waals surface area contributed by atoms with Gasteiger partial charge in [0.15, 0.2) is 0 Å². The molecule has 0 saturated carbocycles. The number of carbonyl (C=O) groups excluding carboxylic acids is 1. The SMILES string of the molecule is CC(CC(=O)NC1CCCOc2ccccc21)C1CCCNC1.Cl. The summed E-state index contributed by atoms with van der Waals surface area (Å²) in [5.74, 6) is 2.14. The molecule has 0 aliphatic carbocycles. The van der Waals surface area contributed by atoms with Crippen LogP contribution in [0, 0.1) is 11.8 Å². The van der Waals surface area contributed by atoms with E-state index in [1.165, 1.54) is 12.8 Å². The maximum Gasteiger partial charge on any atom is 0.220 e. The van der Waals surface area contributed by atoms with Crippen molar-refractivity contribution in [2.75, 3.05) is 19.7 Å². The van der Waals surface area contributed by atoms with Gasteiger partial charge >= 0.3 is 0 Å². The van der Waals surface area contributed by atoms with Gasteiger partial charge in [-0.25, -0.2) is 0 Å². The number of benzene rings is 1. The van der Waals surface area contributed by atoms with Crippen LogP contribution in [0.1, 0.15) is 50.6 Å². The van der Waals surface area contributed by atoms with Gasteiger partial charge in [0.25, 0.3) is 0 Å². The van der Waals surface area contributed by atoms with Crippen molar-refractivity contribution >= 4 is 18.3 Å². The quantitative estimate of drug-likeness (QED) is 0.872. The molecule has 2 heterocycles. The molecule has 2 aliphatic rings. The summed E-state index contributed by atoms with van der Waals surface area (Å²) in [5.41, 5.74) is 1.12. The second-order valence-corrected chi connectivity index (χ2v) is 6.94. The molecule has 1 amide bonds. The van der Waals surface area contributed by atoms with Crippen molar-refractivity contribution < 1.29 is 9.53 Å². The van der Waals surface area contributed by atoms with Crippen LogP contribution in [-0.4, -0.2) is 25.6 Å². The van der Waals surface area contributed by atoms with Gasteiger partial charge in [-0.15, -0.1) is 12.4 Å². The Bertz CT molecular complexity index is 532. The van der Waals surface area contributed by atoms with Gasteiger partial charge in [0.1, 0.15) is 5.75 Å². The normalized spacial score (nSPS) is 24.5. The van der Waals surface area contributed by atoms with E-state index in [0.717, 1.165) is 43.9 Å². The summed E-state index contributed by atoms with van der Waals surface area (Å²) in [4.78, 5) is 12.5. The smallest absolute Gasteiger partial charge is 0.220 e. The minimum Gasteiger partial charge on any atom is -0.493 e. The molecule has 5 heteroatoms. The lowest BCUT2D eigenvalue weighted by Crippen LogP contribution is -2.36. The largest absolute Gasteiger partial charge is 0.493 e. The Morgan fingerprint density at radius 3 is 2.96 bits per heavy atom. The monoisotopic (exact) mass is 352 g/mol. The standard InChI is InChI=1S/C19H28N2O2.ClH/c1-14(15-6-4-10-20-13-15)12-19(22)21-17-8-5-11-23-18-9-3-2-7-16(17)18;/h2-3,7,9,14-15,17,20H,4-6,8,10-13H2,1H3,(H,21,22);1H. The molecule has 3 rings (SSSR count). The highest BCUT2D eigenvalue weighted by Crippen LogP contribution is 2.31. The maximum atomic E-state index is 12.5. The first-order chi connectivity index (χ1) is 11.2. The van der Waals surface area contributed by atoms with Crippen molar-refractivity contribution in [3.05, 3.63) is 29.8 Å². The Morgan fingerprint density at radius 1 is 1.33 bits per heavy atom. The second kappa shape index (κ2) is 9.28. The molecule has 2 N–H and O–H groups in total. The number of nitrogens with one attached hydrogen (secondary N) is 2. The molecule has 24 heavy (non-hydrogen) atoms. The van der Waals surface area contributed by atoms with Gasteiger partial charge in [0.05, 0.1) is 12.6 Å². The third-order valence-corrected chi connectivity index (χ3v) is 5.17. The van der Waals surface area contributed by atoms with Crippen molar-refractivity contribution in [3.63, 3.8) is 0 Å². The highest BCUT2D eigenvalue weighted by Gasteiger charge is 2.25. The van der Waals surface area contributed by atoms with E-state index in [-0.39, 0.29) is 24.4 Å². The molecule has 3 unspecified atom stereocenters. The van der Waals surface area contributed by atoms with E-state index in [4.69, 9.17) is 4.74 Å². The minimum atomic E-state index is 0. The van der Waals surface area contributed by atoms with Crippen LogP contribution in [0.2, 0.25) is 0 Å². The summed E-state index contributed by atoms with van der Waals surface area (Å²) in [6.45, 7) is 5.11. The molecule has 0 spiro atoms. The number of carbonyl (C=O) groups is 1. The number of amides is 1. The number of piperidine rings is 1. The topological polar surface area (TPSA) is 50.4 Å². The fourth-order valence-electron chi connectivity index (χ4n) is 3.75. The van der Waals surface area contributed by atoms with E-state index in [0.29, 0.717) is 18.3 Å². The molecular weight excluding hydrogens is 324 g/mol. The molecule has 1 aromatic carbocycles. The summed E-state index contributed by atoms with van der Waals surface area (Å²) >= 11 is 0. The molecule has 4 nitrogen and oxygen atoms in total. The molecule has 1 aromatic rings. The maximum absolute atomic E-state index is 12.5. The average molecular weight is 353 g/mol. The second-order valence-electron chi connectivity index (χ2n) is 6.94. The van der Waals surface area contributed by atoms with Crippen LogP contribution in [0.4, 0.5) is 0 Å². The first-order valence-electron chi connectivity index (χ1n) is 8.96.